The monoisotopic (exact) mass is 518 g/mol. The topological polar surface area (TPSA) is 91.7 Å². The Hall–Kier alpha value is -3.45. The van der Waals surface area contributed by atoms with Gasteiger partial charge >= 0.3 is 5.97 Å². The first-order chi connectivity index (χ1) is 18.0. The molecular weight excluding hydrogens is 483 g/mol. The van der Waals surface area contributed by atoms with Crippen LogP contribution in [0.5, 0.6) is 5.75 Å². The van der Waals surface area contributed by atoms with Crippen LogP contribution in [0.25, 0.3) is 11.1 Å². The van der Waals surface area contributed by atoms with E-state index in [-0.39, 0.29) is 23.7 Å². The number of pyridine rings is 1. The number of ether oxygens (including phenoxy) is 1. The number of hydrogen-bond acceptors (Lipinski definition) is 5. The van der Waals surface area contributed by atoms with E-state index in [1.165, 1.54) is 0 Å². The number of hydrogen-bond donors (Lipinski definition) is 3. The van der Waals surface area contributed by atoms with Crippen molar-refractivity contribution in [3.8, 4) is 16.9 Å². The number of aryl methyl sites for hydroxylation is 2. The number of aliphatic hydroxyl groups is 1. The third-order valence-electron chi connectivity index (χ3n) is 7.71. The maximum absolute atomic E-state index is 15.2. The van der Waals surface area contributed by atoms with Gasteiger partial charge in [0.05, 0.1) is 36.1 Å². The summed E-state index contributed by atoms with van der Waals surface area (Å²) in [5.74, 6) is -0.573. The van der Waals surface area contributed by atoms with Crippen molar-refractivity contribution in [2.24, 2.45) is 5.92 Å². The highest BCUT2D eigenvalue weighted by molar-refractivity contribution is 5.77. The van der Waals surface area contributed by atoms with Crippen molar-refractivity contribution in [2.45, 2.75) is 70.9 Å². The number of aromatic nitrogens is 1. The van der Waals surface area contributed by atoms with Crippen LogP contribution in [-0.2, 0) is 11.2 Å². The van der Waals surface area contributed by atoms with Gasteiger partial charge in [-0.2, -0.15) is 0 Å². The van der Waals surface area contributed by atoms with Gasteiger partial charge in [-0.15, -0.1) is 0 Å². The summed E-state index contributed by atoms with van der Waals surface area (Å²) in [6.07, 6.45) is 4.42. The summed E-state index contributed by atoms with van der Waals surface area (Å²) in [5, 5.41) is 22.6. The van der Waals surface area contributed by atoms with Crippen LogP contribution < -0.4 is 10.1 Å². The molecule has 1 unspecified atom stereocenters. The SMILES string of the molecule is Cc1cc(OCCC(C)(C)O)cc(C)c1-c1ccc(F)c2c1CC[C@H]2Nc1ccc(C2C[C@@H]2C(=O)O)nc1. The third-order valence-corrected chi connectivity index (χ3v) is 7.71. The molecule has 3 N–H and O–H groups in total. The Balaban J connectivity index is 1.36. The van der Waals surface area contributed by atoms with Gasteiger partial charge < -0.3 is 20.3 Å². The molecule has 0 saturated heterocycles. The van der Waals surface area contributed by atoms with Crippen molar-refractivity contribution in [3.63, 3.8) is 0 Å². The Morgan fingerprint density at radius 3 is 2.53 bits per heavy atom. The molecule has 0 spiro atoms. The van der Waals surface area contributed by atoms with E-state index < -0.39 is 11.6 Å². The van der Waals surface area contributed by atoms with Crippen LogP contribution in [0, 0.1) is 25.6 Å². The summed E-state index contributed by atoms with van der Waals surface area (Å²) in [5.41, 5.74) is 6.81. The van der Waals surface area contributed by atoms with E-state index in [0.29, 0.717) is 25.0 Å². The van der Waals surface area contributed by atoms with Crippen LogP contribution in [0.3, 0.4) is 0 Å². The Kier molecular flexibility index (Phi) is 6.90. The lowest BCUT2D eigenvalue weighted by Gasteiger charge is -2.20. The molecule has 200 valence electrons. The Morgan fingerprint density at radius 1 is 1.18 bits per heavy atom. The predicted molar refractivity (Wildman–Crippen MR) is 145 cm³/mol. The summed E-state index contributed by atoms with van der Waals surface area (Å²) in [4.78, 5) is 15.6. The van der Waals surface area contributed by atoms with Crippen molar-refractivity contribution in [1.29, 1.82) is 0 Å². The molecule has 2 aliphatic carbocycles. The molecule has 1 heterocycles. The van der Waals surface area contributed by atoms with E-state index in [1.54, 1.807) is 26.1 Å². The van der Waals surface area contributed by atoms with Gasteiger partial charge in [-0.05, 0) is 105 Å². The first-order valence-corrected chi connectivity index (χ1v) is 13.2. The molecule has 0 radical (unpaired) electrons. The van der Waals surface area contributed by atoms with E-state index in [0.717, 1.165) is 57.8 Å². The number of nitrogens with zero attached hydrogens (tertiary/aromatic N) is 1. The van der Waals surface area contributed by atoms with Gasteiger partial charge in [0.1, 0.15) is 11.6 Å². The first-order valence-electron chi connectivity index (χ1n) is 13.2. The molecule has 2 aromatic carbocycles. The summed E-state index contributed by atoms with van der Waals surface area (Å²) in [6.45, 7) is 8.06. The summed E-state index contributed by atoms with van der Waals surface area (Å²) < 4.78 is 21.1. The second kappa shape index (κ2) is 10.0. The minimum atomic E-state index is -0.776. The predicted octanol–water partition coefficient (Wildman–Crippen LogP) is 6.33. The summed E-state index contributed by atoms with van der Waals surface area (Å²) in [6, 6.07) is 11.1. The quantitative estimate of drug-likeness (QED) is 0.307. The van der Waals surface area contributed by atoms with E-state index in [1.807, 2.05) is 44.2 Å². The molecule has 38 heavy (non-hydrogen) atoms. The minimum absolute atomic E-state index is 0.0152. The highest BCUT2D eigenvalue weighted by Gasteiger charge is 2.45. The largest absolute Gasteiger partial charge is 0.493 e. The molecular formula is C31H35FN2O4. The van der Waals surface area contributed by atoms with Crippen molar-refractivity contribution < 1.29 is 24.1 Å². The van der Waals surface area contributed by atoms with E-state index in [2.05, 4.69) is 10.3 Å². The van der Waals surface area contributed by atoms with Gasteiger partial charge in [-0.3, -0.25) is 9.78 Å². The van der Waals surface area contributed by atoms with Gasteiger partial charge in [0, 0.05) is 23.6 Å². The number of anilines is 1. The zero-order valence-corrected chi connectivity index (χ0v) is 22.3. The molecule has 0 aliphatic heterocycles. The van der Waals surface area contributed by atoms with Crippen molar-refractivity contribution in [1.82, 2.24) is 4.98 Å². The number of carboxylic acid groups (broad SMARTS) is 1. The number of carboxylic acids is 1. The molecule has 3 aromatic rings. The molecule has 0 amide bonds. The molecule has 6 nitrogen and oxygen atoms in total. The number of halogens is 1. The fourth-order valence-electron chi connectivity index (χ4n) is 5.65. The lowest BCUT2D eigenvalue weighted by atomic mass is 9.90. The second-order valence-electron chi connectivity index (χ2n) is 11.3. The van der Waals surface area contributed by atoms with Gasteiger partial charge in [0.15, 0.2) is 0 Å². The second-order valence-corrected chi connectivity index (χ2v) is 11.3. The van der Waals surface area contributed by atoms with Crippen molar-refractivity contribution in [3.05, 3.63) is 76.4 Å². The van der Waals surface area contributed by atoms with Gasteiger partial charge in [-0.25, -0.2) is 4.39 Å². The molecule has 1 fully saturated rings. The number of fused-ring (bicyclic) bond motifs is 1. The number of nitrogens with one attached hydrogen (secondary N) is 1. The van der Waals surface area contributed by atoms with Crippen LogP contribution in [0.2, 0.25) is 0 Å². The number of aliphatic carboxylic acids is 1. The van der Waals surface area contributed by atoms with Gasteiger partial charge in [-0.1, -0.05) is 6.07 Å². The molecule has 5 rings (SSSR count). The normalized spacial score (nSPS) is 20.2. The van der Waals surface area contributed by atoms with Crippen molar-refractivity contribution in [2.75, 3.05) is 11.9 Å². The van der Waals surface area contributed by atoms with Crippen LogP contribution in [0.1, 0.15) is 73.0 Å². The fraction of sp³-hybridized carbons (Fsp3) is 0.419. The molecule has 2 aliphatic rings. The lowest BCUT2D eigenvalue weighted by Crippen LogP contribution is -2.21. The molecule has 1 aromatic heterocycles. The average molecular weight is 519 g/mol. The van der Waals surface area contributed by atoms with Crippen LogP contribution in [-0.4, -0.2) is 33.4 Å². The standard InChI is InChI=1S/C31H35FN2O4/c1-17-13-20(38-12-11-31(3,4)37)14-18(2)28(17)21-6-8-25(32)29-22(21)7-10-27(29)34-19-5-9-26(33-16-19)23-15-24(23)30(35)36/h5-6,8-9,13-14,16,23-24,27,34,37H,7,10-12,15H2,1-4H3,(H,35,36)/t23?,24-,27+/m0/s1. The minimum Gasteiger partial charge on any atom is -0.493 e. The van der Waals surface area contributed by atoms with Crippen LogP contribution in [0.4, 0.5) is 10.1 Å². The smallest absolute Gasteiger partial charge is 0.307 e. The average Bonchev–Trinajstić information content (AvgIpc) is 3.54. The molecule has 3 atom stereocenters. The maximum atomic E-state index is 15.2. The fourth-order valence-corrected chi connectivity index (χ4v) is 5.65. The number of rotatable bonds is 9. The highest BCUT2D eigenvalue weighted by Crippen LogP contribution is 2.47. The molecule has 1 saturated carbocycles. The van der Waals surface area contributed by atoms with Crippen LogP contribution in [0.15, 0.2) is 42.6 Å². The highest BCUT2D eigenvalue weighted by atomic mass is 19.1. The van der Waals surface area contributed by atoms with E-state index >= 15 is 4.39 Å². The Bertz CT molecular complexity index is 1340. The van der Waals surface area contributed by atoms with Gasteiger partial charge in [0.25, 0.3) is 0 Å². The molecule has 0 bridgehead atoms. The van der Waals surface area contributed by atoms with E-state index in [9.17, 15) is 15.0 Å². The third kappa shape index (κ3) is 5.39. The zero-order chi connectivity index (χ0) is 27.2. The first kappa shape index (κ1) is 26.2. The lowest BCUT2D eigenvalue weighted by molar-refractivity contribution is -0.138. The Labute approximate surface area is 222 Å². The summed E-state index contributed by atoms with van der Waals surface area (Å²) in [7, 11) is 0. The maximum Gasteiger partial charge on any atom is 0.307 e. The Morgan fingerprint density at radius 2 is 1.92 bits per heavy atom. The number of benzene rings is 2. The number of carbonyl (C=O) groups is 1. The van der Waals surface area contributed by atoms with Gasteiger partial charge in [0.2, 0.25) is 0 Å². The molecule has 7 heteroatoms. The van der Waals surface area contributed by atoms with Crippen molar-refractivity contribution >= 4 is 11.7 Å². The van der Waals surface area contributed by atoms with Crippen LogP contribution >= 0.6 is 0 Å². The summed E-state index contributed by atoms with van der Waals surface area (Å²) >= 11 is 0. The zero-order valence-electron chi connectivity index (χ0n) is 22.3. The van der Waals surface area contributed by atoms with E-state index in [4.69, 9.17) is 4.74 Å².